The summed E-state index contributed by atoms with van der Waals surface area (Å²) in [5, 5.41) is 10.6. The van der Waals surface area contributed by atoms with Crippen molar-refractivity contribution in [3.63, 3.8) is 0 Å². The van der Waals surface area contributed by atoms with E-state index in [1.54, 1.807) is 0 Å². The predicted octanol–water partition coefficient (Wildman–Crippen LogP) is 16.0. The summed E-state index contributed by atoms with van der Waals surface area (Å²) in [4.78, 5) is 5.64. The first-order chi connectivity index (χ1) is 29.6. The molecule has 290 valence electrons. The molecular formula is C59H49N. The molecule has 1 heterocycles. The van der Waals surface area contributed by atoms with Crippen molar-refractivity contribution in [1.82, 2.24) is 0 Å². The van der Waals surface area contributed by atoms with Gasteiger partial charge in [-0.15, -0.1) is 0 Å². The maximum atomic E-state index is 5.64. The monoisotopic (exact) mass is 771 g/mol. The summed E-state index contributed by atoms with van der Waals surface area (Å²) in [5.41, 5.74) is 13.6. The summed E-state index contributed by atoms with van der Waals surface area (Å²) in [6.07, 6.45) is 7.75. The van der Waals surface area contributed by atoms with Gasteiger partial charge < -0.3 is 0 Å². The number of allylic oxidation sites excluding steroid dienone is 4. The number of nitrogens with zero attached hydrogens (tertiary/aromatic N) is 1. The molecule has 0 N–H and O–H groups in total. The fourth-order valence-electron chi connectivity index (χ4n) is 9.76. The molecule has 1 nitrogen and oxygen atoms in total. The van der Waals surface area contributed by atoms with Crippen LogP contribution in [0.2, 0.25) is 0 Å². The van der Waals surface area contributed by atoms with Gasteiger partial charge in [-0.05, 0) is 126 Å². The molecule has 0 saturated heterocycles. The van der Waals surface area contributed by atoms with Gasteiger partial charge in [0.15, 0.2) is 0 Å². The van der Waals surface area contributed by atoms with Gasteiger partial charge in [0.2, 0.25) is 0 Å². The second-order valence-corrected chi connectivity index (χ2v) is 16.5. The van der Waals surface area contributed by atoms with Gasteiger partial charge in [0.05, 0.1) is 5.71 Å². The first-order valence-electron chi connectivity index (χ1n) is 21.7. The largest absolute Gasteiger partial charge is 0.253 e. The first-order valence-corrected chi connectivity index (χ1v) is 21.7. The highest BCUT2D eigenvalue weighted by Gasteiger charge is 2.24. The molecule has 60 heavy (non-hydrogen) atoms. The SMILES string of the molecule is CCC1C=C(C(CC)Cc2cccc3c4ccccc4c4c5cc(-c6ccccc6)ccc5cc(C)c4c23)N=C(c2ccccc2)C=C1c1ccc(-c2ccccc2)cc1. The van der Waals surface area contributed by atoms with Crippen molar-refractivity contribution in [2.24, 2.45) is 16.8 Å². The smallest absolute Gasteiger partial charge is 0.0708 e. The molecular weight excluding hydrogens is 723 g/mol. The summed E-state index contributed by atoms with van der Waals surface area (Å²) < 4.78 is 0. The average molecular weight is 772 g/mol. The van der Waals surface area contributed by atoms with E-state index in [0.29, 0.717) is 0 Å². The number of benzene rings is 9. The second kappa shape index (κ2) is 16.1. The van der Waals surface area contributed by atoms with E-state index < -0.39 is 0 Å². The number of rotatable bonds is 9. The number of aliphatic imine (C=N–C) groups is 1. The van der Waals surface area contributed by atoms with Crippen molar-refractivity contribution in [2.45, 2.75) is 40.0 Å². The topological polar surface area (TPSA) is 12.4 Å². The predicted molar refractivity (Wildman–Crippen MR) is 259 cm³/mol. The summed E-state index contributed by atoms with van der Waals surface area (Å²) >= 11 is 0. The minimum absolute atomic E-state index is 0.225. The van der Waals surface area contributed by atoms with E-state index in [0.717, 1.165) is 30.5 Å². The Morgan fingerprint density at radius 2 is 1.05 bits per heavy atom. The molecule has 1 aliphatic rings. The zero-order valence-corrected chi connectivity index (χ0v) is 34.7. The van der Waals surface area contributed by atoms with Gasteiger partial charge in [-0.25, -0.2) is 0 Å². The maximum absolute atomic E-state index is 5.64. The molecule has 2 atom stereocenters. The molecule has 0 spiro atoms. The summed E-state index contributed by atoms with van der Waals surface area (Å²) in [7, 11) is 0. The van der Waals surface area contributed by atoms with E-state index in [4.69, 9.17) is 4.99 Å². The Morgan fingerprint density at radius 1 is 0.483 bits per heavy atom. The third-order valence-corrected chi connectivity index (χ3v) is 12.9. The molecule has 0 aromatic heterocycles. The van der Waals surface area contributed by atoms with Crippen LogP contribution in [0.5, 0.6) is 0 Å². The van der Waals surface area contributed by atoms with E-state index in [9.17, 15) is 0 Å². The highest BCUT2D eigenvalue weighted by Crippen LogP contribution is 2.44. The van der Waals surface area contributed by atoms with E-state index in [1.165, 1.54) is 93.3 Å². The Bertz CT molecular complexity index is 3110. The highest BCUT2D eigenvalue weighted by molar-refractivity contribution is 6.33. The van der Waals surface area contributed by atoms with Crippen LogP contribution in [0.4, 0.5) is 0 Å². The van der Waals surface area contributed by atoms with Crippen molar-refractivity contribution >= 4 is 54.4 Å². The van der Waals surface area contributed by atoms with Crippen LogP contribution in [0.25, 0.3) is 70.9 Å². The lowest BCUT2D eigenvalue weighted by Crippen LogP contribution is -2.09. The fraction of sp³-hybridized carbons (Fsp3) is 0.136. The molecule has 0 saturated carbocycles. The Balaban J connectivity index is 1.13. The van der Waals surface area contributed by atoms with Gasteiger partial charge in [0, 0.05) is 23.1 Å². The Labute approximate surface area is 354 Å². The van der Waals surface area contributed by atoms with Crippen LogP contribution in [0.1, 0.15) is 48.9 Å². The Kier molecular flexibility index (Phi) is 10.0. The molecule has 0 radical (unpaired) electrons. The highest BCUT2D eigenvalue weighted by atomic mass is 14.8. The molecule has 1 aliphatic heterocycles. The lowest BCUT2D eigenvalue weighted by atomic mass is 9.83. The molecule has 9 aromatic rings. The van der Waals surface area contributed by atoms with Gasteiger partial charge in [-0.1, -0.05) is 196 Å². The molecule has 2 unspecified atom stereocenters. The van der Waals surface area contributed by atoms with Crippen LogP contribution in [-0.4, -0.2) is 5.71 Å². The van der Waals surface area contributed by atoms with Crippen molar-refractivity contribution in [3.8, 4) is 22.3 Å². The third-order valence-electron chi connectivity index (χ3n) is 12.9. The van der Waals surface area contributed by atoms with Crippen LogP contribution in [0, 0.1) is 18.8 Å². The minimum atomic E-state index is 0.225. The average Bonchev–Trinajstić information content (AvgIpc) is 3.51. The van der Waals surface area contributed by atoms with Gasteiger partial charge in [-0.2, -0.15) is 0 Å². The number of hydrogen-bond acceptors (Lipinski definition) is 1. The Hall–Kier alpha value is -6.83. The van der Waals surface area contributed by atoms with E-state index in [2.05, 4.69) is 215 Å². The normalized spacial score (nSPS) is 14.8. The zero-order valence-electron chi connectivity index (χ0n) is 34.7. The molecule has 1 heteroatoms. The standard InChI is InChI=1S/C59H49N/c1-4-40-37-55(60-56(46-22-13-8-14-23-46)38-53(40)45-30-28-44(29-31-45)42-18-9-6-10-19-42)41(5-2)35-49-24-17-27-51-50-25-15-16-26-52(50)59-54-36-47(43-20-11-7-12-21-43)32-33-48(54)34-39(3)57(59)58(49)51/h6-34,36-38,40-41H,4-5,35H2,1-3H3. The van der Waals surface area contributed by atoms with Crippen molar-refractivity contribution in [1.29, 1.82) is 0 Å². The molecule has 9 aromatic carbocycles. The van der Waals surface area contributed by atoms with Crippen LogP contribution >= 0.6 is 0 Å². The molecule has 0 bridgehead atoms. The number of aryl methyl sites for hydroxylation is 1. The lowest BCUT2D eigenvalue weighted by molar-refractivity contribution is 0.577. The van der Waals surface area contributed by atoms with Gasteiger partial charge in [0.1, 0.15) is 0 Å². The fourth-order valence-corrected chi connectivity index (χ4v) is 9.76. The van der Waals surface area contributed by atoms with Crippen molar-refractivity contribution in [3.05, 3.63) is 222 Å². The summed E-state index contributed by atoms with van der Waals surface area (Å²) in [5.74, 6) is 0.454. The van der Waals surface area contributed by atoms with E-state index >= 15 is 0 Å². The molecule has 0 fully saturated rings. The summed E-state index contributed by atoms with van der Waals surface area (Å²) in [6, 6.07) is 66.8. The van der Waals surface area contributed by atoms with Gasteiger partial charge >= 0.3 is 0 Å². The third kappa shape index (κ3) is 6.85. The first kappa shape index (κ1) is 37.4. The lowest BCUT2D eigenvalue weighted by Gasteiger charge is -2.22. The molecule has 10 rings (SSSR count). The van der Waals surface area contributed by atoms with E-state index in [1.807, 2.05) is 0 Å². The summed E-state index contributed by atoms with van der Waals surface area (Å²) in [6.45, 7) is 6.97. The van der Waals surface area contributed by atoms with Crippen LogP contribution < -0.4 is 0 Å². The zero-order chi connectivity index (χ0) is 40.6. The van der Waals surface area contributed by atoms with Crippen LogP contribution in [-0.2, 0) is 6.42 Å². The van der Waals surface area contributed by atoms with Crippen LogP contribution in [0.3, 0.4) is 0 Å². The van der Waals surface area contributed by atoms with Gasteiger partial charge in [0.25, 0.3) is 0 Å². The van der Waals surface area contributed by atoms with Crippen LogP contribution in [0.15, 0.2) is 205 Å². The quantitative estimate of drug-likeness (QED) is 0.130. The van der Waals surface area contributed by atoms with E-state index in [-0.39, 0.29) is 11.8 Å². The molecule has 0 amide bonds. The number of fused-ring (bicyclic) bond motifs is 8. The maximum Gasteiger partial charge on any atom is 0.0708 e. The minimum Gasteiger partial charge on any atom is -0.253 e. The second-order valence-electron chi connectivity index (χ2n) is 16.5. The number of hydrogen-bond donors (Lipinski definition) is 0. The molecule has 0 aliphatic carbocycles. The Morgan fingerprint density at radius 3 is 1.73 bits per heavy atom. The van der Waals surface area contributed by atoms with Gasteiger partial charge in [-0.3, -0.25) is 4.99 Å². The van der Waals surface area contributed by atoms with Crippen molar-refractivity contribution < 1.29 is 0 Å². The van der Waals surface area contributed by atoms with Crippen molar-refractivity contribution in [2.75, 3.05) is 0 Å².